The molecule has 0 radical (unpaired) electrons. The molecule has 1 aliphatic heterocycles. The van der Waals surface area contributed by atoms with Gasteiger partial charge in [0.2, 0.25) is 0 Å². The Morgan fingerprint density at radius 3 is 2.65 bits per heavy atom. The number of carbonyl (C=O) groups is 3. The van der Waals surface area contributed by atoms with Crippen LogP contribution in [0.4, 0.5) is 4.79 Å². The number of imide groups is 1. The molecule has 1 atom stereocenters. The lowest BCUT2D eigenvalue weighted by Crippen LogP contribution is -2.40. The van der Waals surface area contributed by atoms with E-state index in [1.54, 1.807) is 20.8 Å². The van der Waals surface area contributed by atoms with Crippen molar-refractivity contribution in [2.75, 3.05) is 24.7 Å². The van der Waals surface area contributed by atoms with Crippen molar-refractivity contribution in [2.45, 2.75) is 32.4 Å². The normalized spacial score (nSPS) is 18.9. The molecule has 3 N–H and O–H groups in total. The number of nitrogens with one attached hydrogen (secondary N) is 1. The second-order valence-corrected chi connectivity index (χ2v) is 6.10. The van der Waals surface area contributed by atoms with E-state index in [1.807, 2.05) is 0 Å². The molecular formula is C12H21N3O4S. The lowest BCUT2D eigenvalue weighted by atomic mass is 10.1. The number of carbonyl (C=O) groups excluding carboxylic acids is 3. The van der Waals surface area contributed by atoms with E-state index in [1.165, 1.54) is 16.7 Å². The fraction of sp³-hybridized carbons (Fsp3) is 0.750. The minimum atomic E-state index is -0.844. The Labute approximate surface area is 122 Å². The van der Waals surface area contributed by atoms with E-state index in [4.69, 9.17) is 10.5 Å². The van der Waals surface area contributed by atoms with Crippen molar-refractivity contribution < 1.29 is 19.1 Å². The SMILES string of the molecule is CCOC(=O)C(N)CSCCN1C(=O)NC(C)(C)C1=O. The summed E-state index contributed by atoms with van der Waals surface area (Å²) in [6.45, 7) is 5.65. The van der Waals surface area contributed by atoms with Gasteiger partial charge >= 0.3 is 12.0 Å². The number of thioether (sulfide) groups is 1. The molecule has 0 spiro atoms. The van der Waals surface area contributed by atoms with Crippen LogP contribution in [0.5, 0.6) is 0 Å². The van der Waals surface area contributed by atoms with Gasteiger partial charge in [-0.2, -0.15) is 11.8 Å². The first-order valence-electron chi connectivity index (χ1n) is 6.43. The van der Waals surface area contributed by atoms with Crippen molar-refractivity contribution in [3.63, 3.8) is 0 Å². The average Bonchev–Trinajstić information content (AvgIpc) is 2.55. The van der Waals surface area contributed by atoms with E-state index in [-0.39, 0.29) is 11.9 Å². The minimum absolute atomic E-state index is 0.238. The molecule has 1 unspecified atom stereocenters. The highest BCUT2D eigenvalue weighted by Crippen LogP contribution is 2.17. The standard InChI is InChI=1S/C12H21N3O4S/c1-4-19-9(16)8(13)7-20-6-5-15-10(17)12(2,3)14-11(15)18/h8H,4-7,13H2,1-3H3,(H,14,18). The zero-order valence-electron chi connectivity index (χ0n) is 12.0. The van der Waals surface area contributed by atoms with Crippen LogP contribution in [-0.4, -0.2) is 59.0 Å². The van der Waals surface area contributed by atoms with Crippen LogP contribution < -0.4 is 11.1 Å². The Balaban J connectivity index is 2.30. The molecule has 0 aromatic heterocycles. The maximum atomic E-state index is 11.9. The Kier molecular flexibility index (Phi) is 5.82. The molecule has 1 fully saturated rings. The monoisotopic (exact) mass is 303 g/mol. The van der Waals surface area contributed by atoms with E-state index in [0.29, 0.717) is 24.7 Å². The van der Waals surface area contributed by atoms with Gasteiger partial charge in [0.1, 0.15) is 11.6 Å². The van der Waals surface area contributed by atoms with Crippen molar-refractivity contribution in [1.82, 2.24) is 10.2 Å². The van der Waals surface area contributed by atoms with Crippen LogP contribution in [0.1, 0.15) is 20.8 Å². The summed E-state index contributed by atoms with van der Waals surface area (Å²) in [5.41, 5.74) is 4.80. The largest absolute Gasteiger partial charge is 0.465 e. The molecule has 1 aliphatic rings. The van der Waals surface area contributed by atoms with Crippen molar-refractivity contribution in [3.05, 3.63) is 0 Å². The summed E-state index contributed by atoms with van der Waals surface area (Å²) in [4.78, 5) is 36.0. The predicted molar refractivity (Wildman–Crippen MR) is 76.3 cm³/mol. The summed E-state index contributed by atoms with van der Waals surface area (Å²) in [5, 5.41) is 2.61. The minimum Gasteiger partial charge on any atom is -0.465 e. The van der Waals surface area contributed by atoms with Crippen LogP contribution in [0, 0.1) is 0 Å². The summed E-state index contributed by atoms with van der Waals surface area (Å²) in [6, 6.07) is -1.06. The molecule has 0 aromatic carbocycles. The zero-order chi connectivity index (χ0) is 15.3. The molecule has 7 nitrogen and oxygen atoms in total. The van der Waals surface area contributed by atoms with Gasteiger partial charge in [-0.05, 0) is 20.8 Å². The number of hydrogen-bond donors (Lipinski definition) is 2. The van der Waals surface area contributed by atoms with Crippen LogP contribution in [0.2, 0.25) is 0 Å². The summed E-state index contributed by atoms with van der Waals surface area (Å²) >= 11 is 1.41. The third-order valence-corrected chi connectivity index (χ3v) is 3.86. The van der Waals surface area contributed by atoms with Gasteiger partial charge in [-0.25, -0.2) is 4.79 Å². The Bertz CT molecular complexity index is 400. The highest BCUT2D eigenvalue weighted by atomic mass is 32.2. The molecule has 1 rings (SSSR count). The first kappa shape index (κ1) is 16.8. The smallest absolute Gasteiger partial charge is 0.325 e. The number of hydrogen-bond acceptors (Lipinski definition) is 6. The van der Waals surface area contributed by atoms with Gasteiger partial charge in [-0.15, -0.1) is 0 Å². The lowest BCUT2D eigenvalue weighted by molar-refractivity contribution is -0.144. The topological polar surface area (TPSA) is 102 Å². The molecule has 0 aromatic rings. The maximum Gasteiger partial charge on any atom is 0.325 e. The number of nitrogens with zero attached hydrogens (tertiary/aromatic N) is 1. The second-order valence-electron chi connectivity index (χ2n) is 4.95. The van der Waals surface area contributed by atoms with Gasteiger partial charge in [0.25, 0.3) is 5.91 Å². The van der Waals surface area contributed by atoms with Crippen molar-refractivity contribution in [1.29, 1.82) is 0 Å². The van der Waals surface area contributed by atoms with Crippen LogP contribution in [0.25, 0.3) is 0 Å². The quantitative estimate of drug-likeness (QED) is 0.388. The molecular weight excluding hydrogens is 282 g/mol. The first-order chi connectivity index (χ1) is 9.29. The lowest BCUT2D eigenvalue weighted by Gasteiger charge is -2.16. The van der Waals surface area contributed by atoms with Gasteiger partial charge < -0.3 is 15.8 Å². The Morgan fingerprint density at radius 1 is 1.50 bits per heavy atom. The van der Waals surface area contributed by atoms with E-state index in [2.05, 4.69) is 5.32 Å². The summed E-state index contributed by atoms with van der Waals surface area (Å²) in [7, 11) is 0. The molecule has 0 bridgehead atoms. The molecule has 114 valence electrons. The van der Waals surface area contributed by atoms with Gasteiger partial charge in [-0.3, -0.25) is 14.5 Å². The predicted octanol–water partition coefficient (Wildman–Crippen LogP) is -0.0596. The molecule has 0 saturated carbocycles. The first-order valence-corrected chi connectivity index (χ1v) is 7.59. The van der Waals surface area contributed by atoms with Crippen LogP contribution >= 0.6 is 11.8 Å². The van der Waals surface area contributed by atoms with Crippen molar-refractivity contribution >= 4 is 29.7 Å². The van der Waals surface area contributed by atoms with Gasteiger partial charge in [-0.1, -0.05) is 0 Å². The summed E-state index contributed by atoms with van der Waals surface area (Å²) < 4.78 is 4.79. The van der Waals surface area contributed by atoms with Gasteiger partial charge in [0.05, 0.1) is 6.61 Å². The van der Waals surface area contributed by atoms with Crippen LogP contribution in [0.15, 0.2) is 0 Å². The van der Waals surface area contributed by atoms with Gasteiger partial charge in [0, 0.05) is 18.1 Å². The number of urea groups is 1. The average molecular weight is 303 g/mol. The number of rotatable bonds is 7. The van der Waals surface area contributed by atoms with E-state index in [9.17, 15) is 14.4 Å². The Hall–Kier alpha value is -1.28. The third-order valence-electron chi connectivity index (χ3n) is 2.79. The molecule has 3 amide bonds. The number of esters is 1. The highest BCUT2D eigenvalue weighted by molar-refractivity contribution is 7.99. The van der Waals surface area contributed by atoms with Crippen LogP contribution in [-0.2, 0) is 14.3 Å². The summed E-state index contributed by atoms with van der Waals surface area (Å²) in [6.07, 6.45) is 0. The third kappa shape index (κ3) is 4.11. The zero-order valence-corrected chi connectivity index (χ0v) is 12.8. The fourth-order valence-corrected chi connectivity index (χ4v) is 2.57. The molecule has 20 heavy (non-hydrogen) atoms. The molecule has 8 heteroatoms. The Morgan fingerprint density at radius 2 is 2.15 bits per heavy atom. The van der Waals surface area contributed by atoms with Crippen molar-refractivity contribution in [3.8, 4) is 0 Å². The second kappa shape index (κ2) is 6.94. The summed E-state index contributed by atoms with van der Waals surface area (Å²) in [5.74, 6) is 0.253. The fourth-order valence-electron chi connectivity index (χ4n) is 1.70. The van der Waals surface area contributed by atoms with Gasteiger partial charge in [0.15, 0.2) is 0 Å². The van der Waals surface area contributed by atoms with E-state index < -0.39 is 17.6 Å². The number of ether oxygens (including phenoxy) is 1. The highest BCUT2D eigenvalue weighted by Gasteiger charge is 2.43. The van der Waals surface area contributed by atoms with Crippen LogP contribution in [0.3, 0.4) is 0 Å². The van der Waals surface area contributed by atoms with Crippen molar-refractivity contribution in [2.24, 2.45) is 5.73 Å². The van der Waals surface area contributed by atoms with E-state index in [0.717, 1.165) is 0 Å². The molecule has 1 heterocycles. The number of nitrogens with two attached hydrogens (primary N) is 1. The maximum absolute atomic E-state index is 11.9. The molecule has 1 saturated heterocycles. The number of amides is 3. The molecule has 0 aliphatic carbocycles. The van der Waals surface area contributed by atoms with E-state index >= 15 is 0 Å².